The van der Waals surface area contributed by atoms with Crippen molar-refractivity contribution in [2.75, 3.05) is 19.7 Å². The van der Waals surface area contributed by atoms with Crippen molar-refractivity contribution < 1.29 is 41.4 Å². The number of halogens is 4. The maximum Gasteiger partial charge on any atom is 0.490 e. The summed E-state index contributed by atoms with van der Waals surface area (Å²) in [5.41, 5.74) is -0.143. The maximum atomic E-state index is 13.7. The fourth-order valence-electron chi connectivity index (χ4n) is 3.58. The molecule has 4 rings (SSSR count). The van der Waals surface area contributed by atoms with Gasteiger partial charge in [0.1, 0.15) is 11.9 Å². The van der Waals surface area contributed by atoms with Crippen molar-refractivity contribution in [1.82, 2.24) is 9.88 Å². The van der Waals surface area contributed by atoms with Crippen LogP contribution >= 0.6 is 0 Å². The Hall–Kier alpha value is -2.66. The molecule has 0 amide bonds. The summed E-state index contributed by atoms with van der Waals surface area (Å²) in [6.45, 7) is 3.26. The first kappa shape index (κ1) is 23.0. The van der Waals surface area contributed by atoms with Crippen molar-refractivity contribution in [3.63, 3.8) is 0 Å². The molecule has 2 aromatic rings. The van der Waals surface area contributed by atoms with Gasteiger partial charge in [0.2, 0.25) is 0 Å². The second kappa shape index (κ2) is 9.65. The predicted molar refractivity (Wildman–Crippen MR) is 98.8 cm³/mol. The van der Waals surface area contributed by atoms with Gasteiger partial charge < -0.3 is 19.0 Å². The molecule has 1 unspecified atom stereocenters. The smallest absolute Gasteiger partial charge is 0.475 e. The Labute approximate surface area is 175 Å². The first-order valence-corrected chi connectivity index (χ1v) is 9.63. The van der Waals surface area contributed by atoms with E-state index in [2.05, 4.69) is 9.88 Å². The molecule has 0 aliphatic carbocycles. The van der Waals surface area contributed by atoms with Gasteiger partial charge in [0.05, 0.1) is 25.0 Å². The zero-order valence-corrected chi connectivity index (χ0v) is 16.5. The molecule has 2 aromatic heterocycles. The van der Waals surface area contributed by atoms with Crippen LogP contribution in [-0.4, -0.2) is 58.5 Å². The molecule has 2 saturated heterocycles. The van der Waals surface area contributed by atoms with Crippen LogP contribution in [0.1, 0.15) is 25.0 Å². The molecule has 1 N–H and O–H groups in total. The second-order valence-electron chi connectivity index (χ2n) is 7.39. The van der Waals surface area contributed by atoms with E-state index < -0.39 is 18.0 Å². The van der Waals surface area contributed by atoms with Crippen molar-refractivity contribution in [3.05, 3.63) is 48.3 Å². The predicted octanol–water partition coefficient (Wildman–Crippen LogP) is 3.65. The van der Waals surface area contributed by atoms with Crippen LogP contribution in [0.2, 0.25) is 0 Å². The molecule has 11 heteroatoms. The number of alkyl halides is 3. The number of nitrogens with zero attached hydrogens (tertiary/aromatic N) is 2. The average molecular weight is 446 g/mol. The van der Waals surface area contributed by atoms with Gasteiger partial charge in [-0.25, -0.2) is 14.2 Å². The van der Waals surface area contributed by atoms with E-state index >= 15 is 0 Å². The van der Waals surface area contributed by atoms with Crippen LogP contribution in [0.3, 0.4) is 0 Å². The number of carbonyl (C=O) groups is 1. The summed E-state index contributed by atoms with van der Waals surface area (Å²) in [5, 5.41) is 7.12. The summed E-state index contributed by atoms with van der Waals surface area (Å²) in [7, 11) is 0. The van der Waals surface area contributed by atoms with E-state index in [0.717, 1.165) is 44.7 Å². The zero-order valence-electron chi connectivity index (χ0n) is 16.5. The SMILES string of the molecule is Fc1cccnc1OC1COC2(CCN(Cc3ccco3)CC2)C1.O=C(O)C(F)(F)F. The van der Waals surface area contributed by atoms with Crippen LogP contribution in [-0.2, 0) is 16.1 Å². The van der Waals surface area contributed by atoms with Crippen LogP contribution in [0, 0.1) is 5.82 Å². The van der Waals surface area contributed by atoms with E-state index in [9.17, 15) is 17.6 Å². The summed E-state index contributed by atoms with van der Waals surface area (Å²) in [6.07, 6.45) is 0.733. The number of piperidine rings is 1. The zero-order chi connectivity index (χ0) is 22.5. The van der Waals surface area contributed by atoms with Crippen molar-refractivity contribution in [2.45, 2.75) is 43.7 Å². The number of carboxylic acid groups (broad SMARTS) is 1. The molecule has 0 radical (unpaired) electrons. The number of likely N-dealkylation sites (tertiary alicyclic amines) is 1. The molecular formula is C20H22F4N2O5. The van der Waals surface area contributed by atoms with Gasteiger partial charge in [-0.1, -0.05) is 0 Å². The monoisotopic (exact) mass is 446 g/mol. The topological polar surface area (TPSA) is 85.0 Å². The lowest BCUT2D eigenvalue weighted by atomic mass is 9.88. The standard InChI is InChI=1S/C18H21FN2O3.C2HF3O2/c19-16-4-1-7-20-17(16)24-15-11-18(23-13-15)5-8-21(9-6-18)12-14-3-2-10-22-14;3-2(4,5)1(6)7/h1-4,7,10,15H,5-6,8-9,11-13H2;(H,6,7). The number of rotatable bonds is 4. The fraction of sp³-hybridized carbons (Fsp3) is 0.500. The van der Waals surface area contributed by atoms with Crippen LogP contribution in [0.25, 0.3) is 0 Å². The summed E-state index contributed by atoms with van der Waals surface area (Å²) in [4.78, 5) is 15.2. The first-order valence-electron chi connectivity index (χ1n) is 9.63. The Morgan fingerprint density at radius 1 is 1.29 bits per heavy atom. The summed E-state index contributed by atoms with van der Waals surface area (Å²) < 4.78 is 62.6. The summed E-state index contributed by atoms with van der Waals surface area (Å²) >= 11 is 0. The third-order valence-electron chi connectivity index (χ3n) is 5.15. The molecule has 7 nitrogen and oxygen atoms in total. The molecule has 1 atom stereocenters. The van der Waals surface area contributed by atoms with E-state index in [1.165, 1.54) is 12.3 Å². The lowest BCUT2D eigenvalue weighted by Gasteiger charge is -2.38. The highest BCUT2D eigenvalue weighted by molar-refractivity contribution is 5.73. The Morgan fingerprint density at radius 2 is 2.00 bits per heavy atom. The van der Waals surface area contributed by atoms with Crippen LogP contribution in [0.5, 0.6) is 5.88 Å². The molecule has 4 heterocycles. The number of pyridine rings is 1. The van der Waals surface area contributed by atoms with Gasteiger partial charge in [0.15, 0.2) is 5.82 Å². The van der Waals surface area contributed by atoms with Crippen LogP contribution < -0.4 is 4.74 Å². The number of hydrogen-bond acceptors (Lipinski definition) is 6. The Morgan fingerprint density at radius 3 is 2.58 bits per heavy atom. The van der Waals surface area contributed by atoms with E-state index in [1.54, 1.807) is 12.3 Å². The van der Waals surface area contributed by atoms with Crippen molar-refractivity contribution in [1.29, 1.82) is 0 Å². The van der Waals surface area contributed by atoms with Gasteiger partial charge in [-0.3, -0.25) is 4.90 Å². The number of hydrogen-bond donors (Lipinski definition) is 1. The van der Waals surface area contributed by atoms with Gasteiger partial charge >= 0.3 is 12.1 Å². The minimum Gasteiger partial charge on any atom is -0.475 e. The quantitative estimate of drug-likeness (QED) is 0.718. The largest absolute Gasteiger partial charge is 0.490 e. The van der Waals surface area contributed by atoms with Crippen LogP contribution in [0.15, 0.2) is 41.1 Å². The Bertz CT molecular complexity index is 852. The summed E-state index contributed by atoms with van der Waals surface area (Å²) in [5.74, 6) is -2.12. The van der Waals surface area contributed by atoms with Gasteiger partial charge in [-0.2, -0.15) is 13.2 Å². The average Bonchev–Trinajstić information content (AvgIpc) is 3.36. The molecule has 0 aromatic carbocycles. The van der Waals surface area contributed by atoms with E-state index in [-0.39, 0.29) is 17.6 Å². The molecule has 2 aliphatic heterocycles. The number of aromatic nitrogens is 1. The van der Waals surface area contributed by atoms with Crippen molar-refractivity contribution in [3.8, 4) is 5.88 Å². The van der Waals surface area contributed by atoms with Gasteiger partial charge in [0, 0.05) is 25.7 Å². The highest BCUT2D eigenvalue weighted by atomic mass is 19.4. The molecule has 0 saturated carbocycles. The lowest BCUT2D eigenvalue weighted by molar-refractivity contribution is -0.192. The van der Waals surface area contributed by atoms with Gasteiger partial charge in [0.25, 0.3) is 5.88 Å². The van der Waals surface area contributed by atoms with E-state index in [1.807, 2.05) is 12.1 Å². The number of ether oxygens (including phenoxy) is 2. The van der Waals surface area contributed by atoms with Gasteiger partial charge in [-0.15, -0.1) is 0 Å². The highest BCUT2D eigenvalue weighted by Crippen LogP contribution is 2.37. The molecule has 2 aliphatic rings. The molecule has 31 heavy (non-hydrogen) atoms. The molecular weight excluding hydrogens is 424 g/mol. The molecule has 170 valence electrons. The number of aliphatic carboxylic acids is 1. The van der Waals surface area contributed by atoms with Crippen LogP contribution in [0.4, 0.5) is 17.6 Å². The normalized spacial score (nSPS) is 20.8. The lowest BCUT2D eigenvalue weighted by Crippen LogP contribution is -2.44. The maximum absolute atomic E-state index is 13.7. The number of carboxylic acids is 1. The minimum absolute atomic E-state index is 0.0680. The Kier molecular flexibility index (Phi) is 7.16. The molecule has 2 fully saturated rings. The molecule has 0 bridgehead atoms. The van der Waals surface area contributed by atoms with Gasteiger partial charge in [-0.05, 0) is 37.1 Å². The highest BCUT2D eigenvalue weighted by Gasteiger charge is 2.44. The van der Waals surface area contributed by atoms with E-state index in [0.29, 0.717) is 6.61 Å². The minimum atomic E-state index is -5.08. The third-order valence-corrected chi connectivity index (χ3v) is 5.15. The van der Waals surface area contributed by atoms with Crippen molar-refractivity contribution in [2.24, 2.45) is 0 Å². The fourth-order valence-corrected chi connectivity index (χ4v) is 3.58. The van der Waals surface area contributed by atoms with E-state index in [4.69, 9.17) is 23.8 Å². The second-order valence-corrected chi connectivity index (χ2v) is 7.39. The Balaban J connectivity index is 0.000000339. The van der Waals surface area contributed by atoms with Crippen molar-refractivity contribution >= 4 is 5.97 Å². The first-order chi connectivity index (χ1) is 14.7. The third kappa shape index (κ3) is 6.41. The number of furan rings is 1. The summed E-state index contributed by atoms with van der Waals surface area (Å²) in [6, 6.07) is 6.84. The molecule has 1 spiro atoms.